The minimum atomic E-state index is 1.15. The fourth-order valence-corrected chi connectivity index (χ4v) is 21.2. The van der Waals surface area contributed by atoms with Gasteiger partial charge in [0.2, 0.25) is 0 Å². The molecule has 12 heteroatoms. The van der Waals surface area contributed by atoms with Gasteiger partial charge < -0.3 is 0 Å². The van der Waals surface area contributed by atoms with E-state index in [9.17, 15) is 0 Å². The Bertz CT molecular complexity index is 785. The number of hydrogen-bond acceptors (Lipinski definition) is 12. The highest BCUT2D eigenvalue weighted by atomic mass is 32.3. The first kappa shape index (κ1) is 21.7. The molecule has 0 spiro atoms. The standard InChI is InChI=1S/C15H12S12/c1-3-16-6-7(17-4-2)21-10(20-6)12-24-14-15(25-12)27-13(26-14)11-22-8-9(23-11)19-5-18-8/h3-5H2,1-2H3. The van der Waals surface area contributed by atoms with Crippen molar-refractivity contribution in [2.75, 3.05) is 16.6 Å². The van der Waals surface area contributed by atoms with E-state index in [-0.39, 0.29) is 0 Å². The Labute approximate surface area is 211 Å². The van der Waals surface area contributed by atoms with E-state index in [1.165, 1.54) is 47.5 Å². The molecule has 0 saturated carbocycles. The second kappa shape index (κ2) is 9.80. The summed E-state index contributed by atoms with van der Waals surface area (Å²) in [5.74, 6) is 2.31. The van der Waals surface area contributed by atoms with Gasteiger partial charge in [0.1, 0.15) is 0 Å². The molecular weight excluding hydrogens is 565 g/mol. The zero-order chi connectivity index (χ0) is 18.4. The zero-order valence-electron chi connectivity index (χ0n) is 14.0. The molecular formula is C15H12S12. The Kier molecular flexibility index (Phi) is 7.89. The van der Waals surface area contributed by atoms with Crippen molar-refractivity contribution >= 4 is 141 Å². The molecule has 0 unspecified atom stereocenters. The Morgan fingerprint density at radius 3 is 1.22 bits per heavy atom. The van der Waals surface area contributed by atoms with Crippen molar-refractivity contribution in [3.05, 3.63) is 42.4 Å². The highest BCUT2D eigenvalue weighted by Gasteiger charge is 2.37. The molecule has 0 amide bonds. The van der Waals surface area contributed by atoms with E-state index in [1.54, 1.807) is 0 Å². The molecule has 5 aliphatic heterocycles. The van der Waals surface area contributed by atoms with E-state index < -0.39 is 0 Å². The number of rotatable bonds is 4. The minimum absolute atomic E-state index is 1.15. The summed E-state index contributed by atoms with van der Waals surface area (Å²) in [7, 11) is 0. The normalized spacial score (nSPS) is 25.1. The van der Waals surface area contributed by atoms with Gasteiger partial charge in [0.15, 0.2) is 0 Å². The lowest BCUT2D eigenvalue weighted by Crippen LogP contribution is -1.73. The maximum absolute atomic E-state index is 2.25. The molecule has 5 rings (SSSR count). The molecule has 0 N–H and O–H groups in total. The second-order valence-electron chi connectivity index (χ2n) is 4.96. The van der Waals surface area contributed by atoms with Crippen LogP contribution in [0.15, 0.2) is 42.4 Å². The molecule has 0 aromatic carbocycles. The molecule has 5 heterocycles. The van der Waals surface area contributed by atoms with Crippen molar-refractivity contribution in [3.63, 3.8) is 0 Å². The number of hydrogen-bond donors (Lipinski definition) is 0. The molecule has 0 aromatic rings. The van der Waals surface area contributed by atoms with Gasteiger partial charge in [0.05, 0.1) is 42.4 Å². The van der Waals surface area contributed by atoms with Gasteiger partial charge in [-0.1, -0.05) is 108 Å². The smallest absolute Gasteiger partial charge is 0.0718 e. The topological polar surface area (TPSA) is 0 Å². The summed E-state index contributed by atoms with van der Waals surface area (Å²) in [6.07, 6.45) is 0. The molecule has 0 atom stereocenters. The predicted octanol–water partition coefficient (Wildman–Crippen LogP) is 10.5. The largest absolute Gasteiger partial charge is 0.118 e. The molecule has 0 aliphatic carbocycles. The third kappa shape index (κ3) is 4.67. The maximum atomic E-state index is 2.25. The van der Waals surface area contributed by atoms with Crippen molar-refractivity contribution in [1.29, 1.82) is 0 Å². The summed E-state index contributed by atoms with van der Waals surface area (Å²) in [5.41, 5.74) is 0. The van der Waals surface area contributed by atoms with E-state index in [2.05, 4.69) is 13.8 Å². The fourth-order valence-electron chi connectivity index (χ4n) is 2.22. The van der Waals surface area contributed by atoms with Crippen LogP contribution in [0.2, 0.25) is 0 Å². The van der Waals surface area contributed by atoms with Gasteiger partial charge >= 0.3 is 0 Å². The van der Waals surface area contributed by atoms with Crippen LogP contribution in [0.4, 0.5) is 0 Å². The zero-order valence-corrected chi connectivity index (χ0v) is 23.8. The van der Waals surface area contributed by atoms with Crippen LogP contribution in [0, 0.1) is 0 Å². The summed E-state index contributed by atoms with van der Waals surface area (Å²) in [4.78, 5) is 0. The lowest BCUT2D eigenvalue weighted by molar-refractivity contribution is 1.53. The molecule has 27 heavy (non-hydrogen) atoms. The van der Waals surface area contributed by atoms with Crippen molar-refractivity contribution in [1.82, 2.24) is 0 Å². The highest BCUT2D eigenvalue weighted by Crippen LogP contribution is 2.73. The van der Waals surface area contributed by atoms with E-state index in [0.29, 0.717) is 0 Å². The van der Waals surface area contributed by atoms with Gasteiger partial charge in [0.25, 0.3) is 0 Å². The van der Waals surface area contributed by atoms with Crippen LogP contribution in [0.5, 0.6) is 0 Å². The van der Waals surface area contributed by atoms with Crippen LogP contribution >= 0.6 is 141 Å². The monoisotopic (exact) mass is 576 g/mol. The van der Waals surface area contributed by atoms with Crippen LogP contribution in [-0.2, 0) is 0 Å². The van der Waals surface area contributed by atoms with Crippen LogP contribution in [0.25, 0.3) is 0 Å². The first-order valence-corrected chi connectivity index (χ1v) is 18.4. The molecule has 0 nitrogen and oxygen atoms in total. The third-order valence-corrected chi connectivity index (χ3v) is 20.9. The van der Waals surface area contributed by atoms with Crippen LogP contribution in [0.3, 0.4) is 0 Å². The molecule has 0 radical (unpaired) electrons. The van der Waals surface area contributed by atoms with Crippen LogP contribution in [-0.4, -0.2) is 16.6 Å². The second-order valence-corrected chi connectivity index (χ2v) is 20.6. The first-order valence-electron chi connectivity index (χ1n) is 7.90. The van der Waals surface area contributed by atoms with Crippen molar-refractivity contribution in [2.24, 2.45) is 0 Å². The maximum Gasteiger partial charge on any atom is 0.0718 e. The molecule has 0 fully saturated rings. The van der Waals surface area contributed by atoms with Gasteiger partial charge in [-0.25, -0.2) is 0 Å². The Morgan fingerprint density at radius 1 is 0.519 bits per heavy atom. The number of thioether (sulfide) groups is 12. The fraction of sp³-hybridized carbons (Fsp3) is 0.333. The summed E-state index contributed by atoms with van der Waals surface area (Å²) >= 11 is 24.0. The SMILES string of the molecule is CCSC1=C(SCC)SC(=C2SC3=C(S2)SC(=C2SC4=C(SCS4)S2)S3)S1. The molecule has 0 aromatic heterocycles. The van der Waals surface area contributed by atoms with E-state index in [1.807, 2.05) is 141 Å². The average molecular weight is 577 g/mol. The summed E-state index contributed by atoms with van der Waals surface area (Å²) in [6, 6.07) is 0. The van der Waals surface area contributed by atoms with Crippen LogP contribution < -0.4 is 0 Å². The molecule has 0 saturated heterocycles. The third-order valence-electron chi connectivity index (χ3n) is 3.25. The minimum Gasteiger partial charge on any atom is -0.118 e. The van der Waals surface area contributed by atoms with Crippen molar-refractivity contribution in [3.8, 4) is 0 Å². The average Bonchev–Trinajstić information content (AvgIpc) is 3.40. The Hall–Kier alpha value is 2.90. The van der Waals surface area contributed by atoms with Gasteiger partial charge in [-0.15, -0.1) is 47.0 Å². The molecule has 144 valence electrons. The molecule has 5 aliphatic rings. The Balaban J connectivity index is 1.25. The first-order chi connectivity index (χ1) is 13.2. The van der Waals surface area contributed by atoms with E-state index in [4.69, 9.17) is 0 Å². The van der Waals surface area contributed by atoms with Crippen LogP contribution in [0.1, 0.15) is 13.8 Å². The predicted molar refractivity (Wildman–Crippen MR) is 152 cm³/mol. The Morgan fingerprint density at radius 2 is 0.852 bits per heavy atom. The van der Waals surface area contributed by atoms with Crippen molar-refractivity contribution in [2.45, 2.75) is 13.8 Å². The molecule has 0 bridgehead atoms. The lowest BCUT2D eigenvalue weighted by Gasteiger charge is -2.08. The summed E-state index contributed by atoms with van der Waals surface area (Å²) in [6.45, 7) is 4.50. The van der Waals surface area contributed by atoms with Gasteiger partial charge in [-0.2, -0.15) is 0 Å². The highest BCUT2D eigenvalue weighted by molar-refractivity contribution is 8.51. The summed E-state index contributed by atoms with van der Waals surface area (Å²) < 4.78 is 15.1. The van der Waals surface area contributed by atoms with E-state index >= 15 is 0 Å². The van der Waals surface area contributed by atoms with Gasteiger partial charge in [-0.05, 0) is 11.5 Å². The van der Waals surface area contributed by atoms with Gasteiger partial charge in [-0.3, -0.25) is 0 Å². The lowest BCUT2D eigenvalue weighted by atomic mass is 11.0. The quantitative estimate of drug-likeness (QED) is 0.312. The van der Waals surface area contributed by atoms with E-state index in [0.717, 1.165) is 11.5 Å². The van der Waals surface area contributed by atoms with Crippen molar-refractivity contribution < 1.29 is 0 Å². The van der Waals surface area contributed by atoms with Gasteiger partial charge in [0, 0.05) is 5.08 Å². The summed E-state index contributed by atoms with van der Waals surface area (Å²) in [5, 5.41) is 1.20.